The number of carbonyl (C=O) groups is 1. The largest absolute Gasteiger partial charge is 0.375 e. The molecule has 0 bridgehead atoms. The van der Waals surface area contributed by atoms with Crippen LogP contribution < -0.4 is 0 Å². The minimum atomic E-state index is -0.0409. The van der Waals surface area contributed by atoms with E-state index in [2.05, 4.69) is 34.3 Å². The van der Waals surface area contributed by atoms with Crippen molar-refractivity contribution in [2.45, 2.75) is 39.1 Å². The summed E-state index contributed by atoms with van der Waals surface area (Å²) in [6.07, 6.45) is 4.19. The summed E-state index contributed by atoms with van der Waals surface area (Å²) in [7, 11) is 1.84. The van der Waals surface area contributed by atoms with Gasteiger partial charge in [-0.1, -0.05) is 30.3 Å². The van der Waals surface area contributed by atoms with Crippen LogP contribution in [-0.2, 0) is 29.2 Å². The smallest absolute Gasteiger partial charge is 0.225 e. The van der Waals surface area contributed by atoms with Gasteiger partial charge in [0.05, 0.1) is 25.3 Å². The Hall–Kier alpha value is -2.18. The third-order valence-corrected chi connectivity index (χ3v) is 4.73. The van der Waals surface area contributed by atoms with Gasteiger partial charge in [-0.3, -0.25) is 14.4 Å². The number of ether oxygens (including phenoxy) is 1. The molecule has 0 radical (unpaired) electrons. The molecule has 1 unspecified atom stereocenters. The molecule has 1 amide bonds. The summed E-state index contributed by atoms with van der Waals surface area (Å²) in [4.78, 5) is 16.7. The number of hydrogen-bond donors (Lipinski definition) is 0. The van der Waals surface area contributed by atoms with Crippen molar-refractivity contribution in [2.24, 2.45) is 0 Å². The van der Waals surface area contributed by atoms with E-state index < -0.39 is 0 Å². The lowest BCUT2D eigenvalue weighted by molar-refractivity contribution is -0.135. The van der Waals surface area contributed by atoms with E-state index in [4.69, 9.17) is 4.74 Å². The number of morpholine rings is 1. The molecule has 2 heterocycles. The molecule has 1 saturated heterocycles. The highest BCUT2D eigenvalue weighted by molar-refractivity contribution is 5.76. The maximum absolute atomic E-state index is 12.6. The first-order valence-corrected chi connectivity index (χ1v) is 9.27. The molecule has 1 aromatic carbocycles. The molecule has 0 N–H and O–H groups in total. The molecule has 1 aliphatic rings. The second kappa shape index (κ2) is 8.96. The van der Waals surface area contributed by atoms with Crippen LogP contribution in [0.25, 0.3) is 0 Å². The molecule has 0 aliphatic carbocycles. The van der Waals surface area contributed by atoms with Gasteiger partial charge in [0.2, 0.25) is 5.91 Å². The Labute approximate surface area is 155 Å². The van der Waals surface area contributed by atoms with Crippen molar-refractivity contribution in [1.82, 2.24) is 19.6 Å². The summed E-state index contributed by atoms with van der Waals surface area (Å²) in [6, 6.07) is 10.4. The summed E-state index contributed by atoms with van der Waals surface area (Å²) in [5.41, 5.74) is 2.35. The van der Waals surface area contributed by atoms with Gasteiger partial charge >= 0.3 is 0 Å². The van der Waals surface area contributed by atoms with Gasteiger partial charge in [0.25, 0.3) is 0 Å². The number of amides is 1. The van der Waals surface area contributed by atoms with Crippen molar-refractivity contribution in [2.75, 3.05) is 26.7 Å². The van der Waals surface area contributed by atoms with Crippen molar-refractivity contribution in [3.63, 3.8) is 0 Å². The maximum atomic E-state index is 12.6. The van der Waals surface area contributed by atoms with E-state index in [-0.39, 0.29) is 12.0 Å². The Bertz CT molecular complexity index is 701. The van der Waals surface area contributed by atoms with Gasteiger partial charge in [0.15, 0.2) is 0 Å². The highest BCUT2D eigenvalue weighted by Crippen LogP contribution is 2.14. The van der Waals surface area contributed by atoms with Crippen LogP contribution in [0, 0.1) is 0 Å². The third-order valence-electron chi connectivity index (χ3n) is 4.73. The Morgan fingerprint density at radius 2 is 2.12 bits per heavy atom. The summed E-state index contributed by atoms with van der Waals surface area (Å²) < 4.78 is 7.71. The number of hydrogen-bond acceptors (Lipinski definition) is 4. The highest BCUT2D eigenvalue weighted by Gasteiger charge is 2.24. The van der Waals surface area contributed by atoms with Crippen LogP contribution in [0.3, 0.4) is 0 Å². The number of nitrogens with zero attached hydrogens (tertiary/aromatic N) is 4. The fraction of sp³-hybridized carbons (Fsp3) is 0.500. The molecule has 0 saturated carbocycles. The third kappa shape index (κ3) is 5.16. The van der Waals surface area contributed by atoms with Crippen LogP contribution in [0.5, 0.6) is 0 Å². The van der Waals surface area contributed by atoms with Gasteiger partial charge < -0.3 is 9.64 Å². The molecule has 1 fully saturated rings. The molecule has 1 aliphatic heterocycles. The molecule has 3 rings (SSSR count). The first-order chi connectivity index (χ1) is 12.6. The second-order valence-electron chi connectivity index (χ2n) is 6.87. The number of carbonyl (C=O) groups excluding carboxylic acids is 1. The predicted molar refractivity (Wildman–Crippen MR) is 100 cm³/mol. The Kier molecular flexibility index (Phi) is 6.41. The maximum Gasteiger partial charge on any atom is 0.225 e. The SMILES string of the molecule is CCn1cc(CN(C)C(=O)CC2CN(Cc3ccccc3)CCO2)cn1. The zero-order chi connectivity index (χ0) is 18.4. The van der Waals surface area contributed by atoms with E-state index in [1.807, 2.05) is 37.1 Å². The first-order valence-electron chi connectivity index (χ1n) is 9.27. The fourth-order valence-corrected chi connectivity index (χ4v) is 3.26. The zero-order valence-corrected chi connectivity index (χ0v) is 15.7. The highest BCUT2D eigenvalue weighted by atomic mass is 16.5. The molecular formula is C20H28N4O2. The van der Waals surface area contributed by atoms with Crippen molar-refractivity contribution in [1.29, 1.82) is 0 Å². The van der Waals surface area contributed by atoms with E-state index in [0.29, 0.717) is 19.6 Å². The Balaban J connectivity index is 1.48. The lowest BCUT2D eigenvalue weighted by Gasteiger charge is -2.33. The zero-order valence-electron chi connectivity index (χ0n) is 15.7. The van der Waals surface area contributed by atoms with Gasteiger partial charge in [-0.25, -0.2) is 0 Å². The lowest BCUT2D eigenvalue weighted by atomic mass is 10.1. The van der Waals surface area contributed by atoms with E-state index in [1.54, 1.807) is 4.90 Å². The minimum absolute atomic E-state index is 0.0409. The monoisotopic (exact) mass is 356 g/mol. The Morgan fingerprint density at radius 3 is 2.85 bits per heavy atom. The van der Waals surface area contributed by atoms with E-state index in [9.17, 15) is 4.79 Å². The summed E-state index contributed by atoms with van der Waals surface area (Å²) >= 11 is 0. The molecule has 26 heavy (non-hydrogen) atoms. The molecule has 2 aromatic rings. The van der Waals surface area contributed by atoms with Crippen molar-refractivity contribution >= 4 is 5.91 Å². The molecule has 0 spiro atoms. The quantitative estimate of drug-likeness (QED) is 0.763. The average Bonchev–Trinajstić information content (AvgIpc) is 3.10. The normalized spacial score (nSPS) is 18.0. The predicted octanol–water partition coefficient (Wildman–Crippen LogP) is 2.15. The molecule has 1 aromatic heterocycles. The molecule has 6 heteroatoms. The molecule has 140 valence electrons. The van der Waals surface area contributed by atoms with Gasteiger partial charge in [0.1, 0.15) is 0 Å². The van der Waals surface area contributed by atoms with Crippen LogP contribution >= 0.6 is 0 Å². The summed E-state index contributed by atoms with van der Waals surface area (Å²) in [6.45, 7) is 6.75. The van der Waals surface area contributed by atoms with Crippen LogP contribution in [-0.4, -0.2) is 58.3 Å². The van der Waals surface area contributed by atoms with Crippen molar-refractivity contribution in [3.8, 4) is 0 Å². The van der Waals surface area contributed by atoms with Gasteiger partial charge in [-0.2, -0.15) is 5.10 Å². The lowest BCUT2D eigenvalue weighted by Crippen LogP contribution is -2.44. The molecular weight excluding hydrogens is 328 g/mol. The fourth-order valence-electron chi connectivity index (χ4n) is 3.26. The second-order valence-corrected chi connectivity index (χ2v) is 6.87. The Morgan fingerprint density at radius 1 is 1.31 bits per heavy atom. The van der Waals surface area contributed by atoms with E-state index >= 15 is 0 Å². The van der Waals surface area contributed by atoms with E-state index in [1.165, 1.54) is 5.56 Å². The standard InChI is InChI=1S/C20H28N4O2/c1-3-24-15-18(12-21-24)13-22(2)20(25)11-19-16-23(9-10-26-19)14-17-7-5-4-6-8-17/h4-8,12,15,19H,3,9-11,13-14,16H2,1-2H3. The average molecular weight is 356 g/mol. The molecule has 6 nitrogen and oxygen atoms in total. The number of benzene rings is 1. The van der Waals surface area contributed by atoms with Crippen LogP contribution in [0.4, 0.5) is 0 Å². The van der Waals surface area contributed by atoms with Gasteiger partial charge in [0, 0.05) is 51.5 Å². The van der Waals surface area contributed by atoms with Gasteiger partial charge in [-0.05, 0) is 12.5 Å². The summed E-state index contributed by atoms with van der Waals surface area (Å²) in [5, 5.41) is 4.26. The number of rotatable bonds is 7. The van der Waals surface area contributed by atoms with E-state index in [0.717, 1.165) is 31.7 Å². The van der Waals surface area contributed by atoms with Crippen LogP contribution in [0.2, 0.25) is 0 Å². The first kappa shape index (κ1) is 18.6. The summed E-state index contributed by atoms with van der Waals surface area (Å²) in [5.74, 6) is 0.112. The molecule has 1 atom stereocenters. The topological polar surface area (TPSA) is 50.6 Å². The van der Waals surface area contributed by atoms with Gasteiger partial charge in [-0.15, -0.1) is 0 Å². The van der Waals surface area contributed by atoms with Crippen molar-refractivity contribution < 1.29 is 9.53 Å². The number of aryl methyl sites for hydroxylation is 1. The number of aromatic nitrogens is 2. The van der Waals surface area contributed by atoms with Crippen LogP contribution in [0.15, 0.2) is 42.7 Å². The van der Waals surface area contributed by atoms with Crippen LogP contribution in [0.1, 0.15) is 24.5 Å². The van der Waals surface area contributed by atoms with Crippen molar-refractivity contribution in [3.05, 3.63) is 53.9 Å². The minimum Gasteiger partial charge on any atom is -0.375 e.